The quantitative estimate of drug-likeness (QED) is 0.592. The molecule has 2 aromatic carbocycles. The molecule has 0 saturated heterocycles. The Morgan fingerprint density at radius 2 is 2.00 bits per heavy atom. The van der Waals surface area contributed by atoms with Gasteiger partial charge in [-0.05, 0) is 37.3 Å². The Morgan fingerprint density at radius 3 is 2.68 bits per heavy atom. The summed E-state index contributed by atoms with van der Waals surface area (Å²) < 4.78 is 33.7. The Balaban J connectivity index is 2.03. The SMILES string of the molecule is Cc1onc(-c2c(F)cccc2Cl)c1C(=O)Nc1ccc(Br)cc1F. The van der Waals surface area contributed by atoms with Crippen LogP contribution in [-0.4, -0.2) is 11.1 Å². The van der Waals surface area contributed by atoms with Crippen LogP contribution in [0.25, 0.3) is 11.3 Å². The van der Waals surface area contributed by atoms with E-state index in [0.29, 0.717) is 4.47 Å². The van der Waals surface area contributed by atoms with Crippen LogP contribution in [0.15, 0.2) is 45.4 Å². The summed E-state index contributed by atoms with van der Waals surface area (Å²) in [5.41, 5.74) is -0.147. The maximum Gasteiger partial charge on any atom is 0.261 e. The first-order valence-corrected chi connectivity index (χ1v) is 8.22. The van der Waals surface area contributed by atoms with Gasteiger partial charge in [-0.3, -0.25) is 4.79 Å². The van der Waals surface area contributed by atoms with Gasteiger partial charge in [0.1, 0.15) is 28.7 Å². The summed E-state index contributed by atoms with van der Waals surface area (Å²) >= 11 is 9.17. The number of carbonyl (C=O) groups is 1. The van der Waals surface area contributed by atoms with Crippen molar-refractivity contribution in [2.45, 2.75) is 6.92 Å². The van der Waals surface area contributed by atoms with E-state index in [2.05, 4.69) is 26.4 Å². The van der Waals surface area contributed by atoms with Gasteiger partial charge >= 0.3 is 0 Å². The van der Waals surface area contributed by atoms with Crippen LogP contribution in [0, 0.1) is 18.6 Å². The maximum absolute atomic E-state index is 14.2. The van der Waals surface area contributed by atoms with Crippen molar-refractivity contribution in [3.05, 3.63) is 68.9 Å². The van der Waals surface area contributed by atoms with Crippen LogP contribution in [0.2, 0.25) is 5.02 Å². The van der Waals surface area contributed by atoms with Gasteiger partial charge in [-0.15, -0.1) is 0 Å². The Morgan fingerprint density at radius 1 is 1.24 bits per heavy atom. The molecule has 1 N–H and O–H groups in total. The third-order valence-corrected chi connectivity index (χ3v) is 4.28. The molecule has 1 amide bonds. The van der Waals surface area contributed by atoms with E-state index in [1.807, 2.05) is 0 Å². The molecule has 8 heteroatoms. The second-order valence-electron chi connectivity index (χ2n) is 5.14. The largest absolute Gasteiger partial charge is 0.360 e. The highest BCUT2D eigenvalue weighted by atomic mass is 79.9. The molecule has 0 fully saturated rings. The predicted octanol–water partition coefficient (Wildman–Crippen LogP) is 5.60. The zero-order chi connectivity index (χ0) is 18.1. The molecule has 3 rings (SSSR count). The third kappa shape index (κ3) is 3.43. The van der Waals surface area contributed by atoms with E-state index < -0.39 is 17.5 Å². The number of nitrogens with one attached hydrogen (secondary N) is 1. The topological polar surface area (TPSA) is 55.1 Å². The van der Waals surface area contributed by atoms with Crippen molar-refractivity contribution in [3.63, 3.8) is 0 Å². The molecular weight excluding hydrogens is 418 g/mol. The Labute approximate surface area is 154 Å². The van der Waals surface area contributed by atoms with Gasteiger partial charge in [0.2, 0.25) is 0 Å². The summed E-state index contributed by atoms with van der Waals surface area (Å²) in [6, 6.07) is 8.29. The monoisotopic (exact) mass is 426 g/mol. The van der Waals surface area contributed by atoms with Crippen molar-refractivity contribution in [2.75, 3.05) is 5.32 Å². The second kappa shape index (κ2) is 6.93. The van der Waals surface area contributed by atoms with E-state index in [9.17, 15) is 13.6 Å². The molecule has 1 heterocycles. The molecule has 1 aromatic heterocycles. The van der Waals surface area contributed by atoms with E-state index >= 15 is 0 Å². The first-order chi connectivity index (χ1) is 11.9. The minimum Gasteiger partial charge on any atom is -0.360 e. The van der Waals surface area contributed by atoms with E-state index in [1.54, 1.807) is 6.07 Å². The lowest BCUT2D eigenvalue weighted by Crippen LogP contribution is -2.14. The van der Waals surface area contributed by atoms with Crippen LogP contribution in [0.3, 0.4) is 0 Å². The van der Waals surface area contributed by atoms with Gasteiger partial charge in [-0.1, -0.05) is 38.8 Å². The number of hydrogen-bond donors (Lipinski definition) is 1. The Hall–Kier alpha value is -2.25. The number of hydrogen-bond acceptors (Lipinski definition) is 3. The molecule has 0 bridgehead atoms. The van der Waals surface area contributed by atoms with Crippen LogP contribution < -0.4 is 5.32 Å². The number of carbonyl (C=O) groups excluding carboxylic acids is 1. The first kappa shape index (κ1) is 17.6. The number of aryl methyl sites for hydroxylation is 1. The number of halogens is 4. The van der Waals surface area contributed by atoms with E-state index in [0.717, 1.165) is 0 Å². The molecule has 4 nitrogen and oxygen atoms in total. The number of rotatable bonds is 3. The van der Waals surface area contributed by atoms with Gasteiger partial charge in [0.15, 0.2) is 0 Å². The van der Waals surface area contributed by atoms with Gasteiger partial charge in [-0.2, -0.15) is 0 Å². The summed E-state index contributed by atoms with van der Waals surface area (Å²) in [6.45, 7) is 1.50. The van der Waals surface area contributed by atoms with Crippen molar-refractivity contribution in [1.29, 1.82) is 0 Å². The molecule has 0 unspecified atom stereocenters. The predicted molar refractivity (Wildman–Crippen MR) is 93.7 cm³/mol. The van der Waals surface area contributed by atoms with Crippen LogP contribution in [0.4, 0.5) is 14.5 Å². The zero-order valence-corrected chi connectivity index (χ0v) is 15.1. The van der Waals surface area contributed by atoms with Gasteiger partial charge in [0.05, 0.1) is 16.3 Å². The van der Waals surface area contributed by atoms with Crippen molar-refractivity contribution in [3.8, 4) is 11.3 Å². The Bertz CT molecular complexity index is 955. The molecule has 0 radical (unpaired) electrons. The minimum atomic E-state index is -0.686. The fourth-order valence-corrected chi connectivity index (χ4v) is 2.90. The van der Waals surface area contributed by atoms with Gasteiger partial charge in [0.25, 0.3) is 5.91 Å². The van der Waals surface area contributed by atoms with Gasteiger partial charge in [0, 0.05) is 4.47 Å². The summed E-state index contributed by atoms with van der Waals surface area (Å²) in [5.74, 6) is -1.80. The van der Waals surface area contributed by atoms with Gasteiger partial charge < -0.3 is 9.84 Å². The second-order valence-corrected chi connectivity index (χ2v) is 6.46. The highest BCUT2D eigenvalue weighted by Crippen LogP contribution is 2.34. The molecule has 0 saturated carbocycles. The average Bonchev–Trinajstić information content (AvgIpc) is 2.91. The molecule has 25 heavy (non-hydrogen) atoms. The van der Waals surface area contributed by atoms with Crippen molar-refractivity contribution in [2.24, 2.45) is 0 Å². The number of amides is 1. The molecular formula is C17H10BrClF2N2O2. The molecule has 0 spiro atoms. The van der Waals surface area contributed by atoms with Crippen LogP contribution in [0.1, 0.15) is 16.1 Å². The van der Waals surface area contributed by atoms with Crippen LogP contribution >= 0.6 is 27.5 Å². The number of benzene rings is 2. The lowest BCUT2D eigenvalue weighted by Gasteiger charge is -2.08. The number of aromatic nitrogens is 1. The highest BCUT2D eigenvalue weighted by Gasteiger charge is 2.26. The minimum absolute atomic E-state index is 0.0191. The normalized spacial score (nSPS) is 10.8. The Kier molecular flexibility index (Phi) is 4.87. The number of nitrogens with zero attached hydrogens (tertiary/aromatic N) is 1. The lowest BCUT2D eigenvalue weighted by atomic mass is 10.0. The molecule has 0 aliphatic carbocycles. The van der Waals surface area contributed by atoms with Crippen LogP contribution in [-0.2, 0) is 0 Å². The zero-order valence-electron chi connectivity index (χ0n) is 12.7. The summed E-state index contributed by atoms with van der Waals surface area (Å²) in [4.78, 5) is 12.6. The maximum atomic E-state index is 14.2. The van der Waals surface area contributed by atoms with Gasteiger partial charge in [-0.25, -0.2) is 8.78 Å². The summed E-state index contributed by atoms with van der Waals surface area (Å²) in [5, 5.41) is 6.26. The van der Waals surface area contributed by atoms with Crippen molar-refractivity contribution < 1.29 is 18.1 Å². The van der Waals surface area contributed by atoms with Crippen LogP contribution in [0.5, 0.6) is 0 Å². The van der Waals surface area contributed by atoms with E-state index in [4.69, 9.17) is 16.1 Å². The fourth-order valence-electron chi connectivity index (χ4n) is 2.31. The number of anilines is 1. The first-order valence-electron chi connectivity index (χ1n) is 7.05. The molecule has 3 aromatic rings. The summed E-state index contributed by atoms with van der Waals surface area (Å²) in [6.07, 6.45) is 0. The molecule has 0 atom stereocenters. The lowest BCUT2D eigenvalue weighted by molar-refractivity contribution is 0.102. The van der Waals surface area contributed by atoms with Crippen molar-refractivity contribution in [1.82, 2.24) is 5.16 Å². The molecule has 0 aliphatic heterocycles. The molecule has 0 aliphatic rings. The average molecular weight is 428 g/mol. The van der Waals surface area contributed by atoms with E-state index in [1.165, 1.54) is 37.3 Å². The summed E-state index contributed by atoms with van der Waals surface area (Å²) in [7, 11) is 0. The third-order valence-electron chi connectivity index (χ3n) is 3.47. The van der Waals surface area contributed by atoms with E-state index in [-0.39, 0.29) is 33.3 Å². The molecule has 128 valence electrons. The highest BCUT2D eigenvalue weighted by molar-refractivity contribution is 9.10. The van der Waals surface area contributed by atoms with Crippen molar-refractivity contribution >= 4 is 39.1 Å². The smallest absolute Gasteiger partial charge is 0.261 e. The fraction of sp³-hybridized carbons (Fsp3) is 0.0588. The standard InChI is InChI=1S/C17H10BrClF2N2O2/c1-8-14(17(24)22-13-6-5-9(18)7-12(13)21)16(23-25-8)15-10(19)3-2-4-11(15)20/h2-7H,1H3,(H,22,24).